The third-order valence-electron chi connectivity index (χ3n) is 2.98. The summed E-state index contributed by atoms with van der Waals surface area (Å²) in [6.45, 7) is 7.12. The van der Waals surface area contributed by atoms with Crippen molar-refractivity contribution in [3.63, 3.8) is 0 Å². The highest BCUT2D eigenvalue weighted by atomic mass is 35.5. The van der Waals surface area contributed by atoms with Gasteiger partial charge in [-0.25, -0.2) is 0 Å². The standard InChI is InChI=1S/C15H20ClN3O/c1-3-17-10-13-4-6-14(7-5-13)20-9-8-19-11-15(16)12(2)18-19/h4-7,11,17H,3,8-10H2,1-2H3. The monoisotopic (exact) mass is 293 g/mol. The number of nitrogens with one attached hydrogen (secondary N) is 1. The molecule has 0 saturated carbocycles. The van der Waals surface area contributed by atoms with Crippen LogP contribution in [0.1, 0.15) is 18.2 Å². The topological polar surface area (TPSA) is 39.1 Å². The third kappa shape index (κ3) is 4.25. The molecule has 0 aliphatic rings. The van der Waals surface area contributed by atoms with E-state index in [0.717, 1.165) is 24.5 Å². The normalized spacial score (nSPS) is 10.8. The highest BCUT2D eigenvalue weighted by Crippen LogP contribution is 2.14. The van der Waals surface area contributed by atoms with Crippen LogP contribution in [0.3, 0.4) is 0 Å². The smallest absolute Gasteiger partial charge is 0.119 e. The number of ether oxygens (including phenoxy) is 1. The van der Waals surface area contributed by atoms with E-state index in [-0.39, 0.29) is 0 Å². The molecule has 0 saturated heterocycles. The molecule has 2 rings (SSSR count). The Balaban J connectivity index is 1.79. The maximum Gasteiger partial charge on any atom is 0.119 e. The number of hydrogen-bond donors (Lipinski definition) is 1. The summed E-state index contributed by atoms with van der Waals surface area (Å²) in [5, 5.41) is 8.27. The first-order valence-electron chi connectivity index (χ1n) is 6.81. The molecule has 108 valence electrons. The first-order valence-corrected chi connectivity index (χ1v) is 7.19. The minimum atomic E-state index is 0.573. The van der Waals surface area contributed by atoms with Crippen molar-refractivity contribution in [1.29, 1.82) is 0 Å². The SMILES string of the molecule is CCNCc1ccc(OCCn2cc(Cl)c(C)n2)cc1. The van der Waals surface area contributed by atoms with Crippen LogP contribution in [-0.4, -0.2) is 22.9 Å². The fourth-order valence-corrected chi connectivity index (χ4v) is 1.99. The summed E-state index contributed by atoms with van der Waals surface area (Å²) in [6, 6.07) is 8.14. The fourth-order valence-electron chi connectivity index (χ4n) is 1.84. The van der Waals surface area contributed by atoms with Gasteiger partial charge < -0.3 is 10.1 Å². The molecule has 0 bridgehead atoms. The van der Waals surface area contributed by atoms with Crippen LogP contribution < -0.4 is 10.1 Å². The van der Waals surface area contributed by atoms with Crippen LogP contribution in [0.4, 0.5) is 0 Å². The lowest BCUT2D eigenvalue weighted by Crippen LogP contribution is -2.11. The zero-order valence-electron chi connectivity index (χ0n) is 11.9. The molecule has 0 spiro atoms. The molecule has 4 nitrogen and oxygen atoms in total. The summed E-state index contributed by atoms with van der Waals surface area (Å²) in [4.78, 5) is 0. The van der Waals surface area contributed by atoms with E-state index in [9.17, 15) is 0 Å². The van der Waals surface area contributed by atoms with Gasteiger partial charge >= 0.3 is 0 Å². The van der Waals surface area contributed by atoms with E-state index >= 15 is 0 Å². The molecule has 0 unspecified atom stereocenters. The van der Waals surface area contributed by atoms with E-state index in [1.54, 1.807) is 4.68 Å². The Morgan fingerprint density at radius 1 is 1.30 bits per heavy atom. The van der Waals surface area contributed by atoms with Gasteiger partial charge in [0.2, 0.25) is 0 Å². The van der Waals surface area contributed by atoms with E-state index in [1.807, 2.05) is 25.3 Å². The maximum atomic E-state index is 5.95. The van der Waals surface area contributed by atoms with Gasteiger partial charge in [0.15, 0.2) is 0 Å². The molecule has 0 amide bonds. The maximum absolute atomic E-state index is 5.95. The second-order valence-corrected chi connectivity index (χ2v) is 5.01. The van der Waals surface area contributed by atoms with Gasteiger partial charge in [-0.05, 0) is 31.2 Å². The van der Waals surface area contributed by atoms with Crippen LogP contribution in [0.25, 0.3) is 0 Å². The molecular weight excluding hydrogens is 274 g/mol. The molecule has 1 heterocycles. The summed E-state index contributed by atoms with van der Waals surface area (Å²) >= 11 is 5.95. The molecular formula is C15H20ClN3O. The molecule has 0 fully saturated rings. The zero-order valence-corrected chi connectivity index (χ0v) is 12.7. The van der Waals surface area contributed by atoms with Gasteiger partial charge in [-0.1, -0.05) is 30.7 Å². The van der Waals surface area contributed by atoms with Gasteiger partial charge in [-0.15, -0.1) is 0 Å². The number of nitrogens with zero attached hydrogens (tertiary/aromatic N) is 2. The van der Waals surface area contributed by atoms with Crippen molar-refractivity contribution in [2.45, 2.75) is 26.9 Å². The summed E-state index contributed by atoms with van der Waals surface area (Å²) in [6.07, 6.45) is 1.82. The average Bonchev–Trinajstić information content (AvgIpc) is 2.77. The first kappa shape index (κ1) is 14.9. The second kappa shape index (κ2) is 7.31. The van der Waals surface area contributed by atoms with Gasteiger partial charge in [0.05, 0.1) is 17.3 Å². The van der Waals surface area contributed by atoms with Crippen molar-refractivity contribution in [1.82, 2.24) is 15.1 Å². The van der Waals surface area contributed by atoms with Gasteiger partial charge in [-0.3, -0.25) is 4.68 Å². The molecule has 2 aromatic rings. The highest BCUT2D eigenvalue weighted by Gasteiger charge is 2.02. The van der Waals surface area contributed by atoms with Crippen LogP contribution in [0.2, 0.25) is 5.02 Å². The number of rotatable bonds is 7. The number of benzene rings is 1. The van der Waals surface area contributed by atoms with E-state index in [1.165, 1.54) is 5.56 Å². The lowest BCUT2D eigenvalue weighted by atomic mass is 10.2. The molecule has 0 radical (unpaired) electrons. The number of aromatic nitrogens is 2. The number of halogens is 1. The Kier molecular flexibility index (Phi) is 5.44. The van der Waals surface area contributed by atoms with Crippen molar-refractivity contribution >= 4 is 11.6 Å². The van der Waals surface area contributed by atoms with Crippen molar-refractivity contribution in [2.24, 2.45) is 0 Å². The lowest BCUT2D eigenvalue weighted by molar-refractivity contribution is 0.291. The quantitative estimate of drug-likeness (QED) is 0.853. The molecule has 5 heteroatoms. The Hall–Kier alpha value is -1.52. The Morgan fingerprint density at radius 3 is 2.65 bits per heavy atom. The predicted octanol–water partition coefficient (Wildman–Crippen LogP) is 3.03. The summed E-state index contributed by atoms with van der Waals surface area (Å²) < 4.78 is 7.50. The van der Waals surface area contributed by atoms with Crippen LogP contribution in [0, 0.1) is 6.92 Å². The average molecular weight is 294 g/mol. The van der Waals surface area contributed by atoms with Crippen molar-refractivity contribution in [3.8, 4) is 5.75 Å². The molecule has 0 aliphatic heterocycles. The van der Waals surface area contributed by atoms with Gasteiger partial charge in [0.1, 0.15) is 12.4 Å². The minimum absolute atomic E-state index is 0.573. The third-order valence-corrected chi connectivity index (χ3v) is 3.35. The highest BCUT2D eigenvalue weighted by molar-refractivity contribution is 6.31. The molecule has 0 aliphatic carbocycles. The second-order valence-electron chi connectivity index (χ2n) is 4.60. The summed E-state index contributed by atoms with van der Waals surface area (Å²) in [5.41, 5.74) is 2.10. The molecule has 20 heavy (non-hydrogen) atoms. The fraction of sp³-hybridized carbons (Fsp3) is 0.400. The molecule has 1 aromatic carbocycles. The van der Waals surface area contributed by atoms with E-state index in [2.05, 4.69) is 29.5 Å². The zero-order chi connectivity index (χ0) is 14.4. The molecule has 0 atom stereocenters. The van der Waals surface area contributed by atoms with Crippen LogP contribution in [0.15, 0.2) is 30.5 Å². The van der Waals surface area contributed by atoms with Crippen molar-refractivity contribution in [2.75, 3.05) is 13.2 Å². The Bertz CT molecular complexity index is 517. The van der Waals surface area contributed by atoms with Gasteiger partial charge in [0.25, 0.3) is 0 Å². The number of aryl methyl sites for hydroxylation is 1. The van der Waals surface area contributed by atoms with Gasteiger partial charge in [-0.2, -0.15) is 5.10 Å². The van der Waals surface area contributed by atoms with E-state index in [4.69, 9.17) is 16.3 Å². The van der Waals surface area contributed by atoms with Crippen molar-refractivity contribution in [3.05, 3.63) is 46.7 Å². The van der Waals surface area contributed by atoms with E-state index in [0.29, 0.717) is 18.2 Å². The van der Waals surface area contributed by atoms with Gasteiger partial charge in [0, 0.05) is 12.7 Å². The van der Waals surface area contributed by atoms with Crippen LogP contribution in [-0.2, 0) is 13.1 Å². The Morgan fingerprint density at radius 2 is 2.05 bits per heavy atom. The minimum Gasteiger partial charge on any atom is -0.492 e. The molecule has 1 N–H and O–H groups in total. The predicted molar refractivity (Wildman–Crippen MR) is 81.3 cm³/mol. The van der Waals surface area contributed by atoms with Crippen LogP contribution in [0.5, 0.6) is 5.75 Å². The summed E-state index contributed by atoms with van der Waals surface area (Å²) in [5.74, 6) is 0.875. The largest absolute Gasteiger partial charge is 0.492 e. The van der Waals surface area contributed by atoms with Crippen LogP contribution >= 0.6 is 11.6 Å². The molecule has 1 aromatic heterocycles. The Labute approximate surface area is 124 Å². The first-order chi connectivity index (χ1) is 9.69. The lowest BCUT2D eigenvalue weighted by Gasteiger charge is -2.07. The van der Waals surface area contributed by atoms with E-state index < -0.39 is 0 Å². The summed E-state index contributed by atoms with van der Waals surface area (Å²) in [7, 11) is 0. The van der Waals surface area contributed by atoms with Crippen molar-refractivity contribution < 1.29 is 4.74 Å². The number of hydrogen-bond acceptors (Lipinski definition) is 3.